The summed E-state index contributed by atoms with van der Waals surface area (Å²) in [5, 5.41) is 2.91. The van der Waals surface area contributed by atoms with Crippen molar-refractivity contribution in [3.05, 3.63) is 101 Å². The van der Waals surface area contributed by atoms with Gasteiger partial charge in [-0.2, -0.15) is 4.31 Å². The SMILES string of the molecule is Cc1ccc(S(=O)(=O)N(CC(=O)NC(C)c2ccccc2)Cc2ccccc2)cc1C. The average Bonchev–Trinajstić information content (AvgIpc) is 2.76. The molecule has 1 N–H and O–H groups in total. The molecule has 0 aliphatic heterocycles. The minimum Gasteiger partial charge on any atom is -0.348 e. The quantitative estimate of drug-likeness (QED) is 0.570. The van der Waals surface area contributed by atoms with Crippen LogP contribution in [0, 0.1) is 13.8 Å². The van der Waals surface area contributed by atoms with Gasteiger partial charge in [0.1, 0.15) is 0 Å². The number of aryl methyl sites for hydroxylation is 2. The Labute approximate surface area is 184 Å². The van der Waals surface area contributed by atoms with Crippen LogP contribution in [0.3, 0.4) is 0 Å². The Bertz CT molecular complexity index is 1130. The van der Waals surface area contributed by atoms with Gasteiger partial charge in [0, 0.05) is 6.54 Å². The van der Waals surface area contributed by atoms with Crippen LogP contribution in [0.25, 0.3) is 0 Å². The minimum atomic E-state index is -3.86. The van der Waals surface area contributed by atoms with Crippen molar-refractivity contribution in [1.82, 2.24) is 9.62 Å². The molecule has 1 unspecified atom stereocenters. The van der Waals surface area contributed by atoms with Gasteiger partial charge in [-0.3, -0.25) is 4.79 Å². The second-order valence-electron chi connectivity index (χ2n) is 7.70. The molecule has 162 valence electrons. The van der Waals surface area contributed by atoms with Crippen LogP contribution in [0.5, 0.6) is 0 Å². The summed E-state index contributed by atoms with van der Waals surface area (Å²) < 4.78 is 28.1. The number of rotatable bonds is 8. The highest BCUT2D eigenvalue weighted by Gasteiger charge is 2.27. The topological polar surface area (TPSA) is 66.5 Å². The summed E-state index contributed by atoms with van der Waals surface area (Å²) in [4.78, 5) is 13.0. The molecular formula is C25H28N2O3S. The number of carbonyl (C=O) groups is 1. The Balaban J connectivity index is 1.85. The predicted molar refractivity (Wildman–Crippen MR) is 123 cm³/mol. The Hall–Kier alpha value is -2.96. The molecule has 1 atom stereocenters. The van der Waals surface area contributed by atoms with E-state index in [0.717, 1.165) is 22.3 Å². The summed E-state index contributed by atoms with van der Waals surface area (Å²) in [6, 6.07) is 23.7. The third kappa shape index (κ3) is 5.81. The van der Waals surface area contributed by atoms with E-state index in [0.29, 0.717) is 0 Å². The van der Waals surface area contributed by atoms with E-state index in [1.165, 1.54) is 4.31 Å². The first-order valence-electron chi connectivity index (χ1n) is 10.2. The summed E-state index contributed by atoms with van der Waals surface area (Å²) >= 11 is 0. The van der Waals surface area contributed by atoms with E-state index in [2.05, 4.69) is 5.32 Å². The van der Waals surface area contributed by atoms with Crippen molar-refractivity contribution in [2.45, 2.75) is 38.3 Å². The molecule has 31 heavy (non-hydrogen) atoms. The molecule has 0 fully saturated rings. The van der Waals surface area contributed by atoms with Crippen molar-refractivity contribution in [3.63, 3.8) is 0 Å². The molecular weight excluding hydrogens is 408 g/mol. The van der Waals surface area contributed by atoms with Crippen LogP contribution < -0.4 is 5.32 Å². The molecule has 0 saturated heterocycles. The van der Waals surface area contributed by atoms with Gasteiger partial charge in [-0.1, -0.05) is 66.7 Å². The van der Waals surface area contributed by atoms with Crippen LogP contribution >= 0.6 is 0 Å². The van der Waals surface area contributed by atoms with Gasteiger partial charge < -0.3 is 5.32 Å². The molecule has 0 saturated carbocycles. The molecule has 0 heterocycles. The lowest BCUT2D eigenvalue weighted by Crippen LogP contribution is -2.41. The number of hydrogen-bond donors (Lipinski definition) is 1. The van der Waals surface area contributed by atoms with Crippen molar-refractivity contribution < 1.29 is 13.2 Å². The smallest absolute Gasteiger partial charge is 0.243 e. The number of carbonyl (C=O) groups excluding carboxylic acids is 1. The van der Waals surface area contributed by atoms with Crippen LogP contribution in [0.1, 0.15) is 35.2 Å². The molecule has 3 rings (SSSR count). The van der Waals surface area contributed by atoms with Gasteiger partial charge in [-0.25, -0.2) is 8.42 Å². The lowest BCUT2D eigenvalue weighted by molar-refractivity contribution is -0.122. The van der Waals surface area contributed by atoms with Gasteiger partial charge in [0.25, 0.3) is 0 Å². The number of nitrogens with zero attached hydrogens (tertiary/aromatic N) is 1. The summed E-state index contributed by atoms with van der Waals surface area (Å²) in [5.74, 6) is -0.348. The fourth-order valence-electron chi connectivity index (χ4n) is 3.31. The van der Waals surface area contributed by atoms with Gasteiger partial charge in [0.2, 0.25) is 15.9 Å². The maximum atomic E-state index is 13.4. The summed E-state index contributed by atoms with van der Waals surface area (Å²) in [7, 11) is -3.86. The van der Waals surface area contributed by atoms with Crippen molar-refractivity contribution >= 4 is 15.9 Å². The largest absolute Gasteiger partial charge is 0.348 e. The predicted octanol–water partition coefficient (Wildman–Crippen LogP) is 4.37. The Kier molecular flexibility index (Phi) is 7.25. The average molecular weight is 437 g/mol. The number of sulfonamides is 1. The number of amides is 1. The molecule has 3 aromatic carbocycles. The molecule has 0 aliphatic rings. The van der Waals surface area contributed by atoms with Crippen LogP contribution in [0.2, 0.25) is 0 Å². The van der Waals surface area contributed by atoms with Gasteiger partial charge >= 0.3 is 0 Å². The Morgan fingerprint density at radius 2 is 1.52 bits per heavy atom. The maximum Gasteiger partial charge on any atom is 0.243 e. The van der Waals surface area contributed by atoms with E-state index in [1.807, 2.05) is 81.4 Å². The summed E-state index contributed by atoms with van der Waals surface area (Å²) in [6.07, 6.45) is 0. The van der Waals surface area contributed by atoms with Crippen LogP contribution in [-0.2, 0) is 21.4 Å². The molecule has 5 nitrogen and oxygen atoms in total. The molecule has 0 radical (unpaired) electrons. The standard InChI is InChI=1S/C25H28N2O3S/c1-19-14-15-24(16-20(19)2)31(29,30)27(17-22-10-6-4-7-11-22)18-25(28)26-21(3)23-12-8-5-9-13-23/h4-16,21H,17-18H2,1-3H3,(H,26,28). The highest BCUT2D eigenvalue weighted by Crippen LogP contribution is 2.21. The second kappa shape index (κ2) is 9.90. The van der Waals surface area contributed by atoms with Crippen molar-refractivity contribution in [1.29, 1.82) is 0 Å². The molecule has 6 heteroatoms. The number of hydrogen-bond acceptors (Lipinski definition) is 3. The highest BCUT2D eigenvalue weighted by molar-refractivity contribution is 7.89. The van der Waals surface area contributed by atoms with E-state index in [9.17, 15) is 13.2 Å². The normalized spacial score (nSPS) is 12.5. The van der Waals surface area contributed by atoms with Gasteiger partial charge in [0.15, 0.2) is 0 Å². The number of nitrogens with one attached hydrogen (secondary N) is 1. The molecule has 0 spiro atoms. The fourth-order valence-corrected chi connectivity index (χ4v) is 4.78. The fraction of sp³-hybridized carbons (Fsp3) is 0.240. The van der Waals surface area contributed by atoms with Crippen LogP contribution in [0.4, 0.5) is 0 Å². The molecule has 0 aromatic heterocycles. The van der Waals surface area contributed by atoms with E-state index in [-0.39, 0.29) is 29.9 Å². The molecule has 0 aliphatic carbocycles. The van der Waals surface area contributed by atoms with E-state index in [1.54, 1.807) is 18.2 Å². The maximum absolute atomic E-state index is 13.4. The molecule has 3 aromatic rings. The van der Waals surface area contributed by atoms with Crippen LogP contribution in [-0.4, -0.2) is 25.2 Å². The first-order chi connectivity index (χ1) is 14.8. The monoisotopic (exact) mass is 436 g/mol. The van der Waals surface area contributed by atoms with Crippen molar-refractivity contribution in [2.24, 2.45) is 0 Å². The molecule has 0 bridgehead atoms. The lowest BCUT2D eigenvalue weighted by atomic mass is 10.1. The zero-order valence-electron chi connectivity index (χ0n) is 18.1. The van der Waals surface area contributed by atoms with Gasteiger partial charge in [-0.15, -0.1) is 0 Å². The van der Waals surface area contributed by atoms with E-state index in [4.69, 9.17) is 0 Å². The third-order valence-corrected chi connectivity index (χ3v) is 7.10. The summed E-state index contributed by atoms with van der Waals surface area (Å²) in [5.41, 5.74) is 3.69. The van der Waals surface area contributed by atoms with E-state index >= 15 is 0 Å². The number of benzene rings is 3. The molecule has 1 amide bonds. The van der Waals surface area contributed by atoms with Crippen molar-refractivity contribution in [3.8, 4) is 0 Å². The first-order valence-corrected chi connectivity index (χ1v) is 11.7. The summed E-state index contributed by atoms with van der Waals surface area (Å²) in [6.45, 7) is 5.55. The Morgan fingerprint density at radius 3 is 2.13 bits per heavy atom. The third-order valence-electron chi connectivity index (χ3n) is 5.31. The van der Waals surface area contributed by atoms with Gasteiger partial charge in [0.05, 0.1) is 17.5 Å². The highest BCUT2D eigenvalue weighted by atomic mass is 32.2. The Morgan fingerprint density at radius 1 is 0.903 bits per heavy atom. The minimum absolute atomic E-state index is 0.114. The lowest BCUT2D eigenvalue weighted by Gasteiger charge is -2.23. The van der Waals surface area contributed by atoms with Gasteiger partial charge in [-0.05, 0) is 55.2 Å². The van der Waals surface area contributed by atoms with Crippen molar-refractivity contribution in [2.75, 3.05) is 6.54 Å². The zero-order valence-corrected chi connectivity index (χ0v) is 18.9. The second-order valence-corrected chi connectivity index (χ2v) is 9.64. The van der Waals surface area contributed by atoms with Crippen LogP contribution in [0.15, 0.2) is 83.8 Å². The zero-order chi connectivity index (χ0) is 22.4. The van der Waals surface area contributed by atoms with E-state index < -0.39 is 10.0 Å². The first kappa shape index (κ1) is 22.7.